The Morgan fingerprint density at radius 2 is 2.13 bits per heavy atom. The van der Waals surface area contributed by atoms with Gasteiger partial charge in [0.15, 0.2) is 0 Å². The minimum Gasteiger partial charge on any atom is -0.258 e. The molecule has 0 unspecified atom stereocenters. The second-order valence-corrected chi connectivity index (χ2v) is 3.61. The fraction of sp³-hybridized carbons (Fsp3) is 0.100. The zero-order valence-electron chi connectivity index (χ0n) is 7.90. The molecule has 1 heterocycles. The number of hydrogen-bond acceptors (Lipinski definition) is 3. The molecule has 0 saturated heterocycles. The number of benzene rings is 1. The van der Waals surface area contributed by atoms with Crippen LogP contribution in [0.1, 0.15) is 5.56 Å². The number of nitrogens with zero attached hydrogens (tertiary/aromatic N) is 2. The molecule has 0 radical (unpaired) electrons. The van der Waals surface area contributed by atoms with Crippen LogP contribution in [0.5, 0.6) is 0 Å². The smallest absolute Gasteiger partial charge is 0.258 e. The highest BCUT2D eigenvalue weighted by Crippen LogP contribution is 2.26. The second-order valence-electron chi connectivity index (χ2n) is 3.25. The summed E-state index contributed by atoms with van der Waals surface area (Å²) in [6.45, 7) is 1.92. The first-order valence-electron chi connectivity index (χ1n) is 4.29. The average Bonchev–Trinajstić information content (AvgIpc) is 2.17. The Kier molecular flexibility index (Phi) is 2.28. The molecule has 15 heavy (non-hydrogen) atoms. The number of aromatic nitrogens is 1. The van der Waals surface area contributed by atoms with Crippen molar-refractivity contribution in [3.05, 3.63) is 45.1 Å². The molecule has 0 N–H and O–H groups in total. The first-order valence-corrected chi connectivity index (χ1v) is 4.67. The zero-order valence-corrected chi connectivity index (χ0v) is 8.65. The quantitative estimate of drug-likeness (QED) is 0.423. The van der Waals surface area contributed by atoms with Gasteiger partial charge in [0.2, 0.25) is 5.15 Å². The van der Waals surface area contributed by atoms with E-state index in [2.05, 4.69) is 4.98 Å². The highest BCUT2D eigenvalue weighted by atomic mass is 35.5. The van der Waals surface area contributed by atoms with Crippen molar-refractivity contribution in [1.82, 2.24) is 4.98 Å². The molecular weight excluding hydrogens is 216 g/mol. The summed E-state index contributed by atoms with van der Waals surface area (Å²) in [4.78, 5) is 14.1. The Hall–Kier alpha value is -1.68. The van der Waals surface area contributed by atoms with Crippen molar-refractivity contribution in [3.8, 4) is 0 Å². The van der Waals surface area contributed by atoms with Crippen LogP contribution in [0.2, 0.25) is 5.15 Å². The molecule has 0 saturated carbocycles. The summed E-state index contributed by atoms with van der Waals surface area (Å²) in [6, 6.07) is 6.96. The summed E-state index contributed by atoms with van der Waals surface area (Å²) in [5.74, 6) is 0. The van der Waals surface area contributed by atoms with Gasteiger partial charge in [0.25, 0.3) is 0 Å². The summed E-state index contributed by atoms with van der Waals surface area (Å²) >= 11 is 5.69. The van der Waals surface area contributed by atoms with E-state index >= 15 is 0 Å². The topological polar surface area (TPSA) is 56.0 Å². The van der Waals surface area contributed by atoms with Crippen molar-refractivity contribution in [1.29, 1.82) is 0 Å². The normalized spacial score (nSPS) is 10.5. The molecular formula is C10H7ClN2O2. The van der Waals surface area contributed by atoms with Gasteiger partial charge in [-0.1, -0.05) is 23.2 Å². The lowest BCUT2D eigenvalue weighted by Crippen LogP contribution is -1.92. The molecule has 2 aromatic rings. The molecule has 0 spiro atoms. The van der Waals surface area contributed by atoms with Crippen molar-refractivity contribution < 1.29 is 4.92 Å². The van der Waals surface area contributed by atoms with Gasteiger partial charge in [-0.15, -0.1) is 0 Å². The van der Waals surface area contributed by atoms with Crippen molar-refractivity contribution in [3.63, 3.8) is 0 Å². The van der Waals surface area contributed by atoms with E-state index in [-0.39, 0.29) is 10.8 Å². The number of pyridine rings is 1. The molecule has 0 aliphatic carbocycles. The monoisotopic (exact) mass is 222 g/mol. The van der Waals surface area contributed by atoms with Crippen molar-refractivity contribution in [2.75, 3.05) is 0 Å². The highest BCUT2D eigenvalue weighted by Gasteiger charge is 2.14. The third kappa shape index (κ3) is 1.76. The summed E-state index contributed by atoms with van der Waals surface area (Å²) < 4.78 is 0. The summed E-state index contributed by atoms with van der Waals surface area (Å²) in [7, 11) is 0. The van der Waals surface area contributed by atoms with Crippen LogP contribution in [0, 0.1) is 17.0 Å². The Balaban J connectivity index is 2.77. The Morgan fingerprint density at radius 3 is 2.80 bits per heavy atom. The average molecular weight is 223 g/mol. The molecule has 5 heteroatoms. The molecule has 0 aliphatic rings. The number of hydrogen-bond donors (Lipinski definition) is 0. The van der Waals surface area contributed by atoms with Crippen molar-refractivity contribution in [2.24, 2.45) is 0 Å². The predicted octanol–water partition coefficient (Wildman–Crippen LogP) is 3.10. The van der Waals surface area contributed by atoms with E-state index in [0.717, 1.165) is 10.9 Å². The van der Waals surface area contributed by atoms with Gasteiger partial charge in [0.05, 0.1) is 10.4 Å². The SMILES string of the molecule is Cc1ccc2nc(Cl)c([N+](=O)[O-])cc2c1. The van der Waals surface area contributed by atoms with Crippen LogP contribution in [0.15, 0.2) is 24.3 Å². The zero-order chi connectivity index (χ0) is 11.0. The van der Waals surface area contributed by atoms with Gasteiger partial charge in [0.1, 0.15) is 0 Å². The molecule has 0 fully saturated rings. The van der Waals surface area contributed by atoms with Crippen LogP contribution in [-0.4, -0.2) is 9.91 Å². The van der Waals surface area contributed by atoms with E-state index in [1.807, 2.05) is 19.1 Å². The first-order chi connectivity index (χ1) is 7.08. The number of halogens is 1. The fourth-order valence-electron chi connectivity index (χ4n) is 1.39. The highest BCUT2D eigenvalue weighted by molar-refractivity contribution is 6.31. The molecule has 4 nitrogen and oxygen atoms in total. The molecule has 0 atom stereocenters. The minimum atomic E-state index is -0.531. The fourth-order valence-corrected chi connectivity index (χ4v) is 1.60. The third-order valence-corrected chi connectivity index (χ3v) is 2.38. The number of rotatable bonds is 1. The van der Waals surface area contributed by atoms with E-state index in [1.165, 1.54) is 6.07 Å². The summed E-state index contributed by atoms with van der Waals surface area (Å²) in [5.41, 5.74) is 1.53. The first kappa shape index (κ1) is 9.86. The van der Waals surface area contributed by atoms with Crippen LogP contribution in [0.3, 0.4) is 0 Å². The maximum absolute atomic E-state index is 10.6. The van der Waals surface area contributed by atoms with Gasteiger partial charge in [0, 0.05) is 11.5 Å². The van der Waals surface area contributed by atoms with E-state index in [4.69, 9.17) is 11.6 Å². The van der Waals surface area contributed by atoms with E-state index in [0.29, 0.717) is 5.52 Å². The largest absolute Gasteiger partial charge is 0.307 e. The van der Waals surface area contributed by atoms with Crippen LogP contribution >= 0.6 is 11.6 Å². The minimum absolute atomic E-state index is 0.0728. The predicted molar refractivity (Wildman–Crippen MR) is 58.1 cm³/mol. The van der Waals surface area contributed by atoms with E-state index < -0.39 is 4.92 Å². The van der Waals surface area contributed by atoms with Crippen molar-refractivity contribution >= 4 is 28.2 Å². The van der Waals surface area contributed by atoms with Gasteiger partial charge in [-0.2, -0.15) is 0 Å². The molecule has 0 bridgehead atoms. The lowest BCUT2D eigenvalue weighted by atomic mass is 10.1. The molecule has 0 amide bonds. The Bertz CT molecular complexity index is 554. The molecule has 0 aliphatic heterocycles. The number of fused-ring (bicyclic) bond motifs is 1. The lowest BCUT2D eigenvalue weighted by molar-refractivity contribution is -0.384. The van der Waals surface area contributed by atoms with Gasteiger partial charge >= 0.3 is 5.69 Å². The maximum Gasteiger partial charge on any atom is 0.307 e. The summed E-state index contributed by atoms with van der Waals surface area (Å²) in [6.07, 6.45) is 0. The molecule has 1 aromatic carbocycles. The molecule has 1 aromatic heterocycles. The molecule has 76 valence electrons. The van der Waals surface area contributed by atoms with E-state index in [9.17, 15) is 10.1 Å². The van der Waals surface area contributed by atoms with Crippen LogP contribution in [0.25, 0.3) is 10.9 Å². The standard InChI is InChI=1S/C10H7ClN2O2/c1-6-2-3-8-7(4-6)5-9(13(14)15)10(11)12-8/h2-5H,1H3. The van der Waals surface area contributed by atoms with Crippen LogP contribution in [-0.2, 0) is 0 Å². The van der Waals surface area contributed by atoms with Gasteiger partial charge < -0.3 is 0 Å². The Labute approximate surface area is 90.7 Å². The maximum atomic E-state index is 10.6. The summed E-state index contributed by atoms with van der Waals surface area (Å²) in [5, 5.41) is 11.3. The number of aryl methyl sites for hydroxylation is 1. The molecule has 2 rings (SSSR count). The lowest BCUT2D eigenvalue weighted by Gasteiger charge is -2.00. The third-order valence-electron chi connectivity index (χ3n) is 2.10. The van der Waals surface area contributed by atoms with E-state index in [1.54, 1.807) is 6.07 Å². The van der Waals surface area contributed by atoms with Crippen molar-refractivity contribution in [2.45, 2.75) is 6.92 Å². The second kappa shape index (κ2) is 3.47. The Morgan fingerprint density at radius 1 is 1.40 bits per heavy atom. The van der Waals surface area contributed by atoms with Gasteiger partial charge in [-0.3, -0.25) is 10.1 Å². The van der Waals surface area contributed by atoms with Gasteiger partial charge in [-0.05, 0) is 19.1 Å². The van der Waals surface area contributed by atoms with Crippen LogP contribution < -0.4 is 0 Å². The van der Waals surface area contributed by atoms with Crippen LogP contribution in [0.4, 0.5) is 5.69 Å². The van der Waals surface area contributed by atoms with Gasteiger partial charge in [-0.25, -0.2) is 4.98 Å². The number of nitro groups is 1.